The average molecular weight is 509 g/mol. The number of benzene rings is 2. The number of hydrogen-bond donors (Lipinski definition) is 1. The summed E-state index contributed by atoms with van der Waals surface area (Å²) in [6.45, 7) is 2.83. The highest BCUT2D eigenvalue weighted by Crippen LogP contribution is 2.56. The molecule has 2 N–H and O–H groups in total. The van der Waals surface area contributed by atoms with E-state index >= 15 is 0 Å². The minimum atomic E-state index is -0.408. The quantitative estimate of drug-likeness (QED) is 0.301. The van der Waals surface area contributed by atoms with Crippen LogP contribution in [0.2, 0.25) is 0 Å². The highest BCUT2D eigenvalue weighted by molar-refractivity contribution is 7.07. The molecule has 1 aliphatic carbocycles. The molecule has 5 aromatic rings. The van der Waals surface area contributed by atoms with Crippen molar-refractivity contribution in [1.82, 2.24) is 24.6 Å². The predicted octanol–water partition coefficient (Wildman–Crippen LogP) is 5.44. The number of fused-ring (bicyclic) bond motifs is 1. The number of nitrogens with two attached hydrogens (primary N) is 1. The summed E-state index contributed by atoms with van der Waals surface area (Å²) in [5, 5.41) is 7.62. The van der Waals surface area contributed by atoms with Crippen LogP contribution in [-0.2, 0) is 19.1 Å². The van der Waals surface area contributed by atoms with E-state index in [1.54, 1.807) is 16.0 Å². The van der Waals surface area contributed by atoms with Gasteiger partial charge in [0.25, 0.3) is 0 Å². The van der Waals surface area contributed by atoms with Crippen molar-refractivity contribution in [3.8, 4) is 11.3 Å². The molecule has 8 heteroatoms. The molecular weight excluding hydrogens is 480 g/mol. The monoisotopic (exact) mass is 508 g/mol. The van der Waals surface area contributed by atoms with Gasteiger partial charge in [-0.15, -0.1) is 11.3 Å². The predicted molar refractivity (Wildman–Crippen MR) is 146 cm³/mol. The number of aromatic nitrogens is 4. The Labute approximate surface area is 219 Å². The van der Waals surface area contributed by atoms with Crippen LogP contribution in [0.25, 0.3) is 22.2 Å². The molecule has 1 unspecified atom stereocenters. The lowest BCUT2D eigenvalue weighted by molar-refractivity contribution is 0.0978. The number of aryl methyl sites for hydroxylation is 1. The second kappa shape index (κ2) is 9.21. The highest BCUT2D eigenvalue weighted by Gasteiger charge is 2.52. The lowest BCUT2D eigenvalue weighted by Crippen LogP contribution is -2.38. The van der Waals surface area contributed by atoms with E-state index in [-0.39, 0.29) is 11.6 Å². The minimum absolute atomic E-state index is 0.0679. The molecule has 6 rings (SSSR count). The molecule has 7 nitrogen and oxygen atoms in total. The molecule has 3 aromatic heterocycles. The number of carbonyl (C=O) groups excluding carboxylic acids is 1. The molecule has 1 saturated carbocycles. The first-order valence-electron chi connectivity index (χ1n) is 12.4. The van der Waals surface area contributed by atoms with E-state index in [2.05, 4.69) is 51.6 Å². The van der Waals surface area contributed by atoms with Gasteiger partial charge in [-0.2, -0.15) is 5.10 Å². The molecule has 37 heavy (non-hydrogen) atoms. The molecule has 1 fully saturated rings. The lowest BCUT2D eigenvalue weighted by Gasteiger charge is -2.38. The SMILES string of the molecule is CC(c1ccccc1C(N)=O)N(Cc1cscn1)C1(c2cc(-c3cnn(C)c3)nc3ccccc23)CC1. The second-order valence-corrected chi connectivity index (χ2v) is 10.5. The Morgan fingerprint density at radius 2 is 1.97 bits per heavy atom. The molecule has 1 amide bonds. The fourth-order valence-electron chi connectivity index (χ4n) is 5.49. The molecule has 0 saturated heterocycles. The van der Waals surface area contributed by atoms with Crippen LogP contribution < -0.4 is 5.73 Å². The van der Waals surface area contributed by atoms with Crippen LogP contribution in [0.1, 0.15) is 53.0 Å². The third kappa shape index (κ3) is 4.22. The Hall–Kier alpha value is -3.88. The van der Waals surface area contributed by atoms with Crippen LogP contribution in [-0.4, -0.2) is 30.6 Å². The van der Waals surface area contributed by atoms with Crippen molar-refractivity contribution in [3.05, 3.63) is 100 Å². The average Bonchev–Trinajstić information content (AvgIpc) is 3.30. The number of pyridine rings is 1. The van der Waals surface area contributed by atoms with E-state index in [4.69, 9.17) is 10.7 Å². The third-order valence-corrected chi connectivity index (χ3v) is 8.09. The van der Waals surface area contributed by atoms with Crippen molar-refractivity contribution in [1.29, 1.82) is 0 Å². The molecule has 1 aliphatic rings. The summed E-state index contributed by atoms with van der Waals surface area (Å²) in [6, 6.07) is 18.2. The van der Waals surface area contributed by atoms with E-state index in [0.29, 0.717) is 12.1 Å². The largest absolute Gasteiger partial charge is 0.366 e. The van der Waals surface area contributed by atoms with Gasteiger partial charge in [0.2, 0.25) is 5.91 Å². The summed E-state index contributed by atoms with van der Waals surface area (Å²) in [4.78, 5) is 24.5. The fourth-order valence-corrected chi connectivity index (χ4v) is 6.04. The maximum absolute atomic E-state index is 12.4. The van der Waals surface area contributed by atoms with Crippen LogP contribution in [0.4, 0.5) is 0 Å². The van der Waals surface area contributed by atoms with Crippen LogP contribution >= 0.6 is 11.3 Å². The maximum Gasteiger partial charge on any atom is 0.249 e. The first-order valence-corrected chi connectivity index (χ1v) is 13.3. The Morgan fingerprint density at radius 1 is 1.19 bits per heavy atom. The van der Waals surface area contributed by atoms with Crippen molar-refractivity contribution in [2.75, 3.05) is 0 Å². The number of hydrogen-bond acceptors (Lipinski definition) is 6. The summed E-state index contributed by atoms with van der Waals surface area (Å²) in [5.74, 6) is -0.408. The zero-order chi connectivity index (χ0) is 25.6. The van der Waals surface area contributed by atoms with Gasteiger partial charge in [0.05, 0.1) is 28.6 Å². The van der Waals surface area contributed by atoms with Gasteiger partial charge in [-0.3, -0.25) is 14.4 Å². The number of thiazole rings is 1. The third-order valence-electron chi connectivity index (χ3n) is 7.45. The van der Waals surface area contributed by atoms with E-state index in [1.165, 1.54) is 5.56 Å². The van der Waals surface area contributed by atoms with Gasteiger partial charge in [0, 0.05) is 53.3 Å². The Bertz CT molecular complexity index is 1590. The number of primary amides is 1. The first-order chi connectivity index (χ1) is 18.0. The highest BCUT2D eigenvalue weighted by atomic mass is 32.1. The molecule has 0 bridgehead atoms. The van der Waals surface area contributed by atoms with Gasteiger partial charge in [-0.05, 0) is 49.1 Å². The Morgan fingerprint density at radius 3 is 2.68 bits per heavy atom. The normalized spacial score (nSPS) is 15.2. The van der Waals surface area contributed by atoms with Gasteiger partial charge >= 0.3 is 0 Å². The van der Waals surface area contributed by atoms with Gasteiger partial charge < -0.3 is 5.73 Å². The van der Waals surface area contributed by atoms with Crippen LogP contribution in [0.15, 0.2) is 77.9 Å². The smallest absolute Gasteiger partial charge is 0.249 e. The second-order valence-electron chi connectivity index (χ2n) is 9.74. The van der Waals surface area contributed by atoms with Gasteiger partial charge in [0.15, 0.2) is 0 Å². The molecule has 186 valence electrons. The molecule has 0 radical (unpaired) electrons. The summed E-state index contributed by atoms with van der Waals surface area (Å²) in [6.07, 6.45) is 5.86. The standard InChI is InChI=1S/C29H28N6OS/c1-19(22-7-3-4-8-23(22)28(30)36)35(16-21-17-37-18-31-21)29(11-12-29)25-13-27(20-14-32-34(2)15-20)33-26-10-6-5-9-24(25)26/h3-10,13-15,17-19H,11-12,16H2,1-2H3,(H2,30,36). The maximum atomic E-state index is 12.4. The lowest BCUT2D eigenvalue weighted by atomic mass is 9.92. The molecule has 1 atom stereocenters. The number of para-hydroxylation sites is 1. The topological polar surface area (TPSA) is 89.9 Å². The fraction of sp³-hybridized carbons (Fsp3) is 0.241. The van der Waals surface area contributed by atoms with E-state index in [9.17, 15) is 4.79 Å². The van der Waals surface area contributed by atoms with Crippen molar-refractivity contribution in [3.63, 3.8) is 0 Å². The molecule has 2 aromatic carbocycles. The first kappa shape index (κ1) is 23.5. The van der Waals surface area contributed by atoms with E-state index in [0.717, 1.165) is 46.3 Å². The van der Waals surface area contributed by atoms with E-state index in [1.807, 2.05) is 55.3 Å². The van der Waals surface area contributed by atoms with Crippen LogP contribution in [0.5, 0.6) is 0 Å². The molecule has 0 spiro atoms. The number of amides is 1. The van der Waals surface area contributed by atoms with Crippen molar-refractivity contribution in [2.24, 2.45) is 12.8 Å². The van der Waals surface area contributed by atoms with Crippen molar-refractivity contribution < 1.29 is 4.79 Å². The van der Waals surface area contributed by atoms with Gasteiger partial charge in [-0.1, -0.05) is 36.4 Å². The van der Waals surface area contributed by atoms with Gasteiger partial charge in [0.1, 0.15) is 0 Å². The van der Waals surface area contributed by atoms with Crippen molar-refractivity contribution >= 4 is 28.1 Å². The minimum Gasteiger partial charge on any atom is -0.366 e. The van der Waals surface area contributed by atoms with Crippen LogP contribution in [0.3, 0.4) is 0 Å². The summed E-state index contributed by atoms with van der Waals surface area (Å²) in [5.41, 5.74) is 14.1. The summed E-state index contributed by atoms with van der Waals surface area (Å²) in [7, 11) is 1.92. The Kier molecular flexibility index (Phi) is 5.85. The van der Waals surface area contributed by atoms with Gasteiger partial charge in [-0.25, -0.2) is 9.97 Å². The summed E-state index contributed by atoms with van der Waals surface area (Å²) < 4.78 is 1.80. The number of carbonyl (C=O) groups is 1. The molecular formula is C29H28N6OS. The van der Waals surface area contributed by atoms with E-state index < -0.39 is 5.91 Å². The Balaban J connectivity index is 1.53. The number of rotatable bonds is 8. The summed E-state index contributed by atoms with van der Waals surface area (Å²) >= 11 is 1.60. The zero-order valence-electron chi connectivity index (χ0n) is 20.8. The van der Waals surface area contributed by atoms with Crippen LogP contribution in [0, 0.1) is 0 Å². The molecule has 0 aliphatic heterocycles. The molecule has 3 heterocycles. The number of nitrogens with zero attached hydrogens (tertiary/aromatic N) is 5. The van der Waals surface area contributed by atoms with Crippen molar-refractivity contribution in [2.45, 2.75) is 37.9 Å². The zero-order valence-corrected chi connectivity index (χ0v) is 21.7.